The van der Waals surface area contributed by atoms with E-state index >= 15 is 0 Å². The standard InChI is InChI=1S/C27H25ClFN5O/c1-34-12-9-18(10-13-34)31-27(35)21-16-30-11-8-24(21)33-25-15-26(20-14-17(28)6-7-22(20)29)32-23-5-3-2-4-19(23)25/h2-8,11,14-16,18H,9-10,12-13H2,1H3,(H,31,35)(H,30,32,33). The number of piperidine rings is 1. The lowest BCUT2D eigenvalue weighted by Crippen LogP contribution is -2.43. The molecule has 0 spiro atoms. The Kier molecular flexibility index (Phi) is 6.61. The average Bonchev–Trinajstić information content (AvgIpc) is 2.87. The molecule has 8 heteroatoms. The molecule has 35 heavy (non-hydrogen) atoms. The van der Waals surface area contributed by atoms with Crippen LogP contribution in [0.25, 0.3) is 22.2 Å². The lowest BCUT2D eigenvalue weighted by molar-refractivity contribution is 0.0917. The van der Waals surface area contributed by atoms with E-state index in [4.69, 9.17) is 11.6 Å². The molecule has 0 saturated carbocycles. The molecule has 0 aliphatic carbocycles. The number of nitrogens with one attached hydrogen (secondary N) is 2. The van der Waals surface area contributed by atoms with Crippen LogP contribution in [0.1, 0.15) is 23.2 Å². The number of carbonyl (C=O) groups is 1. The lowest BCUT2D eigenvalue weighted by Gasteiger charge is -2.29. The van der Waals surface area contributed by atoms with Gasteiger partial charge in [0.1, 0.15) is 5.82 Å². The maximum Gasteiger partial charge on any atom is 0.255 e. The summed E-state index contributed by atoms with van der Waals surface area (Å²) in [7, 11) is 2.09. The van der Waals surface area contributed by atoms with Crippen LogP contribution in [0.5, 0.6) is 0 Å². The molecule has 0 radical (unpaired) electrons. The second-order valence-electron chi connectivity index (χ2n) is 8.79. The summed E-state index contributed by atoms with van der Waals surface area (Å²) >= 11 is 6.13. The molecule has 6 nitrogen and oxygen atoms in total. The van der Waals surface area contributed by atoms with Gasteiger partial charge in [0.25, 0.3) is 5.91 Å². The zero-order valence-corrected chi connectivity index (χ0v) is 20.0. The lowest BCUT2D eigenvalue weighted by atomic mass is 10.0. The van der Waals surface area contributed by atoms with E-state index in [0.717, 1.165) is 31.3 Å². The van der Waals surface area contributed by atoms with Gasteiger partial charge in [-0.05, 0) is 69.4 Å². The van der Waals surface area contributed by atoms with Crippen LogP contribution in [0.4, 0.5) is 15.8 Å². The van der Waals surface area contributed by atoms with E-state index < -0.39 is 5.82 Å². The van der Waals surface area contributed by atoms with Gasteiger partial charge in [0.2, 0.25) is 0 Å². The smallest absolute Gasteiger partial charge is 0.255 e. The van der Waals surface area contributed by atoms with Crippen molar-refractivity contribution >= 4 is 39.8 Å². The number of para-hydroxylation sites is 1. The first-order valence-corrected chi connectivity index (χ1v) is 11.9. The Bertz CT molecular complexity index is 1390. The highest BCUT2D eigenvalue weighted by Gasteiger charge is 2.21. The summed E-state index contributed by atoms with van der Waals surface area (Å²) in [5, 5.41) is 7.80. The van der Waals surface area contributed by atoms with Crippen molar-refractivity contribution in [3.8, 4) is 11.3 Å². The van der Waals surface area contributed by atoms with E-state index in [1.165, 1.54) is 12.1 Å². The SMILES string of the molecule is CN1CCC(NC(=O)c2cnccc2Nc2cc(-c3cc(Cl)ccc3F)nc3ccccc23)CC1. The highest BCUT2D eigenvalue weighted by atomic mass is 35.5. The molecule has 2 aromatic heterocycles. The van der Waals surface area contributed by atoms with E-state index in [-0.39, 0.29) is 11.9 Å². The van der Waals surface area contributed by atoms with Gasteiger partial charge in [0.05, 0.1) is 28.1 Å². The van der Waals surface area contributed by atoms with Crippen LogP contribution < -0.4 is 10.6 Å². The number of nitrogens with zero attached hydrogens (tertiary/aromatic N) is 3. The van der Waals surface area contributed by atoms with Gasteiger partial charge in [-0.2, -0.15) is 0 Å². The van der Waals surface area contributed by atoms with Crippen LogP contribution in [0.15, 0.2) is 67.0 Å². The number of hydrogen-bond donors (Lipinski definition) is 2. The molecule has 5 rings (SSSR count). The first-order chi connectivity index (χ1) is 17.0. The van der Waals surface area contributed by atoms with E-state index in [1.807, 2.05) is 24.3 Å². The number of amides is 1. The summed E-state index contributed by atoms with van der Waals surface area (Å²) in [5.41, 5.74) is 3.20. The van der Waals surface area contributed by atoms with E-state index in [1.54, 1.807) is 30.6 Å². The van der Waals surface area contributed by atoms with Gasteiger partial charge in [-0.3, -0.25) is 9.78 Å². The first-order valence-electron chi connectivity index (χ1n) is 11.5. The van der Waals surface area contributed by atoms with Crippen molar-refractivity contribution in [3.05, 3.63) is 83.4 Å². The molecule has 0 atom stereocenters. The summed E-state index contributed by atoms with van der Waals surface area (Å²) in [5.74, 6) is -0.583. The third-order valence-electron chi connectivity index (χ3n) is 6.31. The number of likely N-dealkylation sites (tertiary alicyclic amines) is 1. The third kappa shape index (κ3) is 5.11. The quantitative estimate of drug-likeness (QED) is 0.378. The van der Waals surface area contributed by atoms with Gasteiger partial charge in [-0.1, -0.05) is 29.8 Å². The molecular weight excluding hydrogens is 465 g/mol. The summed E-state index contributed by atoms with van der Waals surface area (Å²) in [6.07, 6.45) is 5.02. The molecule has 0 unspecified atom stereocenters. The Morgan fingerprint density at radius 3 is 2.71 bits per heavy atom. The number of anilines is 2. The van der Waals surface area contributed by atoms with Crippen LogP contribution in [0.3, 0.4) is 0 Å². The highest BCUT2D eigenvalue weighted by Crippen LogP contribution is 2.33. The molecule has 1 fully saturated rings. The monoisotopic (exact) mass is 489 g/mol. The number of hydrogen-bond acceptors (Lipinski definition) is 5. The number of pyridine rings is 2. The van der Waals surface area contributed by atoms with Gasteiger partial charge < -0.3 is 15.5 Å². The summed E-state index contributed by atoms with van der Waals surface area (Å²) in [6, 6.07) is 15.7. The number of fused-ring (bicyclic) bond motifs is 1. The fourth-order valence-electron chi connectivity index (χ4n) is 4.36. The minimum absolute atomic E-state index is 0.130. The van der Waals surface area contributed by atoms with Crippen molar-refractivity contribution in [2.24, 2.45) is 0 Å². The van der Waals surface area contributed by atoms with Crippen LogP contribution >= 0.6 is 11.6 Å². The molecule has 3 heterocycles. The molecule has 178 valence electrons. The van der Waals surface area contributed by atoms with Crippen molar-refractivity contribution in [2.75, 3.05) is 25.5 Å². The molecule has 1 amide bonds. The van der Waals surface area contributed by atoms with Crippen LogP contribution in [0.2, 0.25) is 5.02 Å². The molecule has 2 aromatic carbocycles. The van der Waals surface area contributed by atoms with Crippen LogP contribution in [0, 0.1) is 5.82 Å². The highest BCUT2D eigenvalue weighted by molar-refractivity contribution is 6.30. The van der Waals surface area contributed by atoms with Gasteiger partial charge in [-0.15, -0.1) is 0 Å². The van der Waals surface area contributed by atoms with Crippen molar-refractivity contribution in [3.63, 3.8) is 0 Å². The second kappa shape index (κ2) is 9.98. The molecule has 1 aliphatic rings. The van der Waals surface area contributed by atoms with Crippen LogP contribution in [-0.2, 0) is 0 Å². The van der Waals surface area contributed by atoms with Gasteiger partial charge >= 0.3 is 0 Å². The molecule has 4 aromatic rings. The summed E-state index contributed by atoms with van der Waals surface area (Å²) in [6.45, 7) is 1.91. The number of aromatic nitrogens is 2. The molecule has 2 N–H and O–H groups in total. The number of halogens is 2. The predicted molar refractivity (Wildman–Crippen MR) is 138 cm³/mol. The van der Waals surface area contributed by atoms with Gasteiger partial charge in [0.15, 0.2) is 0 Å². The van der Waals surface area contributed by atoms with Crippen molar-refractivity contribution < 1.29 is 9.18 Å². The van der Waals surface area contributed by atoms with Crippen molar-refractivity contribution in [1.29, 1.82) is 0 Å². The predicted octanol–water partition coefficient (Wildman–Crippen LogP) is 5.66. The minimum Gasteiger partial charge on any atom is -0.354 e. The fraction of sp³-hybridized carbons (Fsp3) is 0.222. The Morgan fingerprint density at radius 1 is 1.09 bits per heavy atom. The van der Waals surface area contributed by atoms with Gasteiger partial charge in [0, 0.05) is 34.4 Å². The molecule has 1 saturated heterocycles. The Balaban J connectivity index is 1.50. The Labute approximate surface area is 208 Å². The minimum atomic E-state index is -0.412. The maximum atomic E-state index is 14.6. The Hall–Kier alpha value is -3.55. The van der Waals surface area contributed by atoms with Crippen LogP contribution in [-0.4, -0.2) is 47.0 Å². The van der Waals surface area contributed by atoms with E-state index in [2.05, 4.69) is 32.5 Å². The zero-order chi connectivity index (χ0) is 24.4. The average molecular weight is 490 g/mol. The van der Waals surface area contributed by atoms with E-state index in [0.29, 0.717) is 38.7 Å². The molecule has 0 bridgehead atoms. The summed E-state index contributed by atoms with van der Waals surface area (Å²) < 4.78 is 14.6. The van der Waals surface area contributed by atoms with Crippen molar-refractivity contribution in [1.82, 2.24) is 20.2 Å². The van der Waals surface area contributed by atoms with Crippen molar-refractivity contribution in [2.45, 2.75) is 18.9 Å². The Morgan fingerprint density at radius 2 is 1.89 bits per heavy atom. The number of carbonyl (C=O) groups excluding carboxylic acids is 1. The summed E-state index contributed by atoms with van der Waals surface area (Å²) in [4.78, 5) is 24.2. The largest absolute Gasteiger partial charge is 0.354 e. The third-order valence-corrected chi connectivity index (χ3v) is 6.54. The van der Waals surface area contributed by atoms with Gasteiger partial charge in [-0.25, -0.2) is 9.37 Å². The fourth-order valence-corrected chi connectivity index (χ4v) is 4.53. The number of benzene rings is 2. The topological polar surface area (TPSA) is 70.2 Å². The number of rotatable bonds is 5. The molecular formula is C27H25ClFN5O. The zero-order valence-electron chi connectivity index (χ0n) is 19.3. The normalized spacial score (nSPS) is 14.7. The maximum absolute atomic E-state index is 14.6. The molecule has 1 aliphatic heterocycles. The van der Waals surface area contributed by atoms with E-state index in [9.17, 15) is 9.18 Å². The first kappa shape index (κ1) is 23.2. The second-order valence-corrected chi connectivity index (χ2v) is 9.23.